The highest BCUT2D eigenvalue weighted by Crippen LogP contribution is 2.27. The number of aliphatic hydroxyl groups is 1. The lowest BCUT2D eigenvalue weighted by molar-refractivity contribution is -0.0243. The highest BCUT2D eigenvalue weighted by Gasteiger charge is 2.35. The van der Waals surface area contributed by atoms with E-state index >= 15 is 0 Å². The van der Waals surface area contributed by atoms with Gasteiger partial charge in [0.2, 0.25) is 0 Å². The number of rotatable bonds is 6. The maximum absolute atomic E-state index is 13.1. The van der Waals surface area contributed by atoms with Gasteiger partial charge >= 0.3 is 0 Å². The Balaban J connectivity index is 1.32. The molecule has 0 saturated carbocycles. The zero-order valence-electron chi connectivity index (χ0n) is 18.0. The number of carbonyl (C=O) groups excluding carboxylic acids is 1. The Morgan fingerprint density at radius 1 is 1.03 bits per heavy atom. The minimum Gasteiger partial charge on any atom is -0.497 e. The van der Waals surface area contributed by atoms with Gasteiger partial charge in [-0.2, -0.15) is 0 Å². The van der Waals surface area contributed by atoms with E-state index in [1.165, 1.54) is 17.7 Å². The van der Waals surface area contributed by atoms with E-state index in [2.05, 4.69) is 21.9 Å². The third-order valence-corrected chi connectivity index (χ3v) is 6.69. The largest absolute Gasteiger partial charge is 0.497 e. The first-order valence-corrected chi connectivity index (χ1v) is 11.1. The summed E-state index contributed by atoms with van der Waals surface area (Å²) < 4.78 is 18.4. The smallest absolute Gasteiger partial charge is 0.166 e. The van der Waals surface area contributed by atoms with E-state index in [4.69, 9.17) is 4.74 Å². The van der Waals surface area contributed by atoms with Crippen LogP contribution in [-0.4, -0.2) is 66.1 Å². The van der Waals surface area contributed by atoms with Crippen LogP contribution in [0.1, 0.15) is 35.2 Å². The van der Waals surface area contributed by atoms with Crippen LogP contribution < -0.4 is 4.74 Å². The number of nitrogens with zero attached hydrogens (tertiary/aromatic N) is 2. The van der Waals surface area contributed by atoms with Gasteiger partial charge in [0.25, 0.3) is 0 Å². The van der Waals surface area contributed by atoms with Crippen molar-refractivity contribution in [1.29, 1.82) is 0 Å². The van der Waals surface area contributed by atoms with E-state index in [1.54, 1.807) is 19.2 Å². The van der Waals surface area contributed by atoms with Crippen molar-refractivity contribution in [2.45, 2.75) is 38.0 Å². The van der Waals surface area contributed by atoms with Crippen molar-refractivity contribution in [3.05, 3.63) is 65.5 Å². The topological polar surface area (TPSA) is 53.0 Å². The number of halogens is 1. The summed E-state index contributed by atoms with van der Waals surface area (Å²) in [5.41, 5.74) is 1.82. The van der Waals surface area contributed by atoms with Crippen LogP contribution in [0.15, 0.2) is 48.5 Å². The molecular weight excluding hydrogens is 395 g/mol. The van der Waals surface area contributed by atoms with Crippen LogP contribution in [-0.2, 0) is 6.54 Å². The highest BCUT2D eigenvalue weighted by molar-refractivity contribution is 5.97. The Hall–Kier alpha value is -2.28. The van der Waals surface area contributed by atoms with E-state index in [-0.39, 0.29) is 29.7 Å². The molecule has 5 nitrogen and oxygen atoms in total. The maximum Gasteiger partial charge on any atom is 0.166 e. The number of methoxy groups -OCH3 is 1. The van der Waals surface area contributed by atoms with Crippen molar-refractivity contribution >= 4 is 5.78 Å². The first-order valence-electron chi connectivity index (χ1n) is 11.1. The molecule has 2 fully saturated rings. The predicted octanol–water partition coefficient (Wildman–Crippen LogP) is 3.36. The van der Waals surface area contributed by atoms with Crippen molar-refractivity contribution in [3.8, 4) is 5.75 Å². The van der Waals surface area contributed by atoms with Gasteiger partial charge in [0, 0.05) is 37.2 Å². The summed E-state index contributed by atoms with van der Waals surface area (Å²) >= 11 is 0. The Kier molecular flexibility index (Phi) is 7.00. The Bertz CT molecular complexity index is 863. The fourth-order valence-electron chi connectivity index (χ4n) is 4.82. The third-order valence-electron chi connectivity index (χ3n) is 6.69. The van der Waals surface area contributed by atoms with Crippen molar-refractivity contribution < 1.29 is 19.0 Å². The SMILES string of the molecule is COc1ccc(CN2CC[C@H](O)[C@@H](N3CCC(C(=O)c4ccc(F)cc4)CC3)C2)cc1. The van der Waals surface area contributed by atoms with Gasteiger partial charge in [-0.05, 0) is 74.3 Å². The van der Waals surface area contributed by atoms with Crippen LogP contribution in [0.5, 0.6) is 5.75 Å². The van der Waals surface area contributed by atoms with E-state index in [9.17, 15) is 14.3 Å². The number of hydrogen-bond donors (Lipinski definition) is 1. The lowest BCUT2D eigenvalue weighted by Crippen LogP contribution is -2.56. The van der Waals surface area contributed by atoms with Gasteiger partial charge in [-0.15, -0.1) is 0 Å². The molecule has 2 heterocycles. The van der Waals surface area contributed by atoms with Crippen molar-refractivity contribution in [2.75, 3.05) is 33.3 Å². The lowest BCUT2D eigenvalue weighted by Gasteiger charge is -2.44. The second-order valence-electron chi connectivity index (χ2n) is 8.69. The molecule has 0 aliphatic carbocycles. The number of aliphatic hydroxyl groups excluding tert-OH is 1. The molecule has 6 heteroatoms. The molecule has 2 aliphatic rings. The molecule has 31 heavy (non-hydrogen) atoms. The second kappa shape index (κ2) is 9.90. The van der Waals surface area contributed by atoms with Gasteiger partial charge in [-0.3, -0.25) is 14.6 Å². The van der Waals surface area contributed by atoms with Gasteiger partial charge in [-0.25, -0.2) is 4.39 Å². The van der Waals surface area contributed by atoms with E-state index in [0.717, 1.165) is 57.7 Å². The molecule has 0 aromatic heterocycles. The van der Waals surface area contributed by atoms with Crippen LogP contribution in [0.2, 0.25) is 0 Å². The van der Waals surface area contributed by atoms with Crippen molar-refractivity contribution in [3.63, 3.8) is 0 Å². The van der Waals surface area contributed by atoms with Crippen LogP contribution in [0.25, 0.3) is 0 Å². The van der Waals surface area contributed by atoms with Crippen molar-refractivity contribution in [1.82, 2.24) is 9.80 Å². The van der Waals surface area contributed by atoms with Gasteiger partial charge < -0.3 is 9.84 Å². The molecule has 2 aromatic rings. The average Bonchev–Trinajstić information content (AvgIpc) is 2.81. The highest BCUT2D eigenvalue weighted by atomic mass is 19.1. The summed E-state index contributed by atoms with van der Waals surface area (Å²) in [6.07, 6.45) is 1.97. The average molecular weight is 427 g/mol. The summed E-state index contributed by atoms with van der Waals surface area (Å²) in [6, 6.07) is 14.1. The van der Waals surface area contributed by atoms with Crippen LogP contribution >= 0.6 is 0 Å². The minimum absolute atomic E-state index is 0.0298. The zero-order valence-corrected chi connectivity index (χ0v) is 18.0. The Morgan fingerprint density at radius 3 is 2.35 bits per heavy atom. The van der Waals surface area contributed by atoms with Crippen molar-refractivity contribution in [2.24, 2.45) is 5.92 Å². The van der Waals surface area contributed by atoms with Gasteiger partial charge in [0.1, 0.15) is 11.6 Å². The molecule has 0 unspecified atom stereocenters. The summed E-state index contributed by atoms with van der Waals surface area (Å²) in [6.45, 7) is 4.16. The molecule has 0 radical (unpaired) electrons. The molecule has 2 saturated heterocycles. The standard InChI is InChI=1S/C25H31FN2O3/c1-31-22-8-2-18(3-9-22)16-27-13-12-24(29)23(17-27)28-14-10-20(11-15-28)25(30)19-4-6-21(26)7-5-19/h2-9,20,23-24,29H,10-17H2,1H3/t23-,24-/m0/s1. The van der Waals surface area contributed by atoms with Crippen LogP contribution in [0.3, 0.4) is 0 Å². The summed E-state index contributed by atoms with van der Waals surface area (Å²) in [5, 5.41) is 10.7. The number of hydrogen-bond acceptors (Lipinski definition) is 5. The van der Waals surface area contributed by atoms with Crippen LogP contribution in [0, 0.1) is 11.7 Å². The molecule has 0 bridgehead atoms. The molecule has 2 atom stereocenters. The Labute approximate surface area is 183 Å². The first-order chi connectivity index (χ1) is 15.0. The number of likely N-dealkylation sites (tertiary alicyclic amines) is 2. The number of benzene rings is 2. The number of ether oxygens (including phenoxy) is 1. The predicted molar refractivity (Wildman–Crippen MR) is 118 cm³/mol. The first kappa shape index (κ1) is 21.9. The number of ketones is 1. The molecular formula is C25H31FN2O3. The van der Waals surface area contributed by atoms with Gasteiger partial charge in [0.15, 0.2) is 5.78 Å². The summed E-state index contributed by atoms with van der Waals surface area (Å²) in [5.74, 6) is 0.605. The number of piperidine rings is 2. The molecule has 4 rings (SSSR count). The monoisotopic (exact) mass is 426 g/mol. The molecule has 0 amide bonds. The summed E-state index contributed by atoms with van der Waals surface area (Å²) in [4.78, 5) is 17.5. The lowest BCUT2D eigenvalue weighted by atomic mass is 9.87. The number of Topliss-reactive ketones (excluding diaryl/α,β-unsaturated/α-hetero) is 1. The molecule has 2 aliphatic heterocycles. The van der Waals surface area contributed by atoms with E-state index in [0.29, 0.717) is 5.56 Å². The van der Waals surface area contributed by atoms with Gasteiger partial charge in [-0.1, -0.05) is 12.1 Å². The fraction of sp³-hybridized carbons (Fsp3) is 0.480. The molecule has 166 valence electrons. The minimum atomic E-state index is -0.337. The van der Waals surface area contributed by atoms with Gasteiger partial charge in [0.05, 0.1) is 13.2 Å². The number of carbonyl (C=O) groups is 1. The second-order valence-corrected chi connectivity index (χ2v) is 8.69. The molecule has 1 N–H and O–H groups in total. The van der Waals surface area contributed by atoms with E-state index < -0.39 is 0 Å². The maximum atomic E-state index is 13.1. The quantitative estimate of drug-likeness (QED) is 0.718. The van der Waals surface area contributed by atoms with Crippen LogP contribution in [0.4, 0.5) is 4.39 Å². The normalized spacial score (nSPS) is 23.6. The Morgan fingerprint density at radius 2 is 1.71 bits per heavy atom. The van der Waals surface area contributed by atoms with E-state index in [1.807, 2.05) is 12.1 Å². The zero-order chi connectivity index (χ0) is 21.8. The summed E-state index contributed by atoms with van der Waals surface area (Å²) in [7, 11) is 1.67. The molecule has 2 aromatic carbocycles. The fourth-order valence-corrected chi connectivity index (χ4v) is 4.82. The third kappa shape index (κ3) is 5.32. The molecule has 0 spiro atoms.